The van der Waals surface area contributed by atoms with Crippen LogP contribution in [0, 0.1) is 50.2 Å². The molecule has 2 unspecified atom stereocenters. The molecule has 4 nitrogen and oxygen atoms in total. The highest BCUT2D eigenvalue weighted by molar-refractivity contribution is 5.34. The molecule has 0 amide bonds. The molecule has 0 aromatic heterocycles. The Morgan fingerprint density at radius 3 is 2.12 bits per heavy atom. The lowest BCUT2D eigenvalue weighted by Gasteiger charge is -2.71. The van der Waals surface area contributed by atoms with Gasteiger partial charge in [-0.1, -0.05) is 53.2 Å². The van der Waals surface area contributed by atoms with Crippen LogP contribution in [0.4, 0.5) is 0 Å². The second kappa shape index (κ2) is 7.55. The highest BCUT2D eigenvalue weighted by Gasteiger charge is 2.69. The smallest absolute Gasteiger partial charge is 0.0618 e. The van der Waals surface area contributed by atoms with E-state index in [-0.39, 0.29) is 46.4 Å². The Morgan fingerprint density at radius 1 is 0.765 bits per heavy atom. The first kappa shape index (κ1) is 25.2. The molecule has 4 heteroatoms. The highest BCUT2D eigenvalue weighted by atomic mass is 16.3. The molecular formula is C30H50O4. The fourth-order valence-corrected chi connectivity index (χ4v) is 10.7. The van der Waals surface area contributed by atoms with E-state index in [1.54, 1.807) is 5.57 Å². The molecule has 0 aromatic carbocycles. The summed E-state index contributed by atoms with van der Waals surface area (Å²) in [4.78, 5) is 0. The maximum Gasteiger partial charge on any atom is 0.0618 e. The zero-order chi connectivity index (χ0) is 24.9. The van der Waals surface area contributed by atoms with Crippen LogP contribution < -0.4 is 0 Å². The second-order valence-corrected chi connectivity index (χ2v) is 15.0. The molecule has 0 bridgehead atoms. The third kappa shape index (κ3) is 2.92. The SMILES string of the molecule is C[C@]1(CO)CC2C3=CCC4[C@@]5(C)CC[C@H](O)[C@@](C)(CO)[C@@H]5CC[C@@]4(C)[C@]3(C)CC[C@@]2(C)[C@H](O)C1. The van der Waals surface area contributed by atoms with Crippen molar-refractivity contribution in [2.24, 2.45) is 50.2 Å². The van der Waals surface area contributed by atoms with Gasteiger partial charge in [0.2, 0.25) is 0 Å². The topological polar surface area (TPSA) is 80.9 Å². The van der Waals surface area contributed by atoms with Gasteiger partial charge in [-0.2, -0.15) is 0 Å². The van der Waals surface area contributed by atoms with E-state index in [2.05, 4.69) is 47.6 Å². The van der Waals surface area contributed by atoms with Gasteiger partial charge in [-0.25, -0.2) is 0 Å². The predicted molar refractivity (Wildman–Crippen MR) is 135 cm³/mol. The van der Waals surface area contributed by atoms with Crippen molar-refractivity contribution in [1.29, 1.82) is 0 Å². The summed E-state index contributed by atoms with van der Waals surface area (Å²) in [5.41, 5.74) is 1.21. The van der Waals surface area contributed by atoms with Crippen LogP contribution in [0.1, 0.15) is 99.3 Å². The first-order chi connectivity index (χ1) is 15.7. The Labute approximate surface area is 207 Å². The fourth-order valence-electron chi connectivity index (χ4n) is 10.7. The Kier molecular flexibility index (Phi) is 5.61. The molecule has 4 fully saturated rings. The van der Waals surface area contributed by atoms with Gasteiger partial charge >= 0.3 is 0 Å². The van der Waals surface area contributed by atoms with E-state index in [0.29, 0.717) is 24.2 Å². The Balaban J connectivity index is 1.58. The van der Waals surface area contributed by atoms with Crippen molar-refractivity contribution < 1.29 is 20.4 Å². The first-order valence-corrected chi connectivity index (χ1v) is 14.0. The molecular weight excluding hydrogens is 424 g/mol. The summed E-state index contributed by atoms with van der Waals surface area (Å²) < 4.78 is 0. The van der Waals surface area contributed by atoms with Crippen LogP contribution in [0.2, 0.25) is 0 Å². The van der Waals surface area contributed by atoms with Crippen LogP contribution in [0.3, 0.4) is 0 Å². The summed E-state index contributed by atoms with van der Waals surface area (Å²) in [6, 6.07) is 0. The zero-order valence-electron chi connectivity index (χ0n) is 22.5. The molecule has 5 rings (SSSR count). The molecule has 0 radical (unpaired) electrons. The molecule has 0 heterocycles. The molecule has 4 saturated carbocycles. The zero-order valence-corrected chi connectivity index (χ0v) is 22.5. The number of rotatable bonds is 2. The molecule has 0 aliphatic heterocycles. The van der Waals surface area contributed by atoms with Gasteiger partial charge in [0, 0.05) is 17.4 Å². The molecule has 4 N–H and O–H groups in total. The maximum atomic E-state index is 11.3. The highest BCUT2D eigenvalue weighted by Crippen LogP contribution is 2.75. The van der Waals surface area contributed by atoms with Crippen LogP contribution in [-0.4, -0.2) is 45.8 Å². The van der Waals surface area contributed by atoms with E-state index in [1.807, 2.05) is 0 Å². The Morgan fingerprint density at radius 2 is 1.47 bits per heavy atom. The molecule has 5 aliphatic carbocycles. The summed E-state index contributed by atoms with van der Waals surface area (Å²) in [6.07, 6.45) is 10.7. The van der Waals surface area contributed by atoms with Gasteiger partial charge in [-0.15, -0.1) is 0 Å². The van der Waals surface area contributed by atoms with Crippen LogP contribution in [0.15, 0.2) is 11.6 Å². The van der Waals surface area contributed by atoms with Crippen molar-refractivity contribution in [3.63, 3.8) is 0 Å². The van der Waals surface area contributed by atoms with Gasteiger partial charge in [-0.05, 0) is 97.2 Å². The monoisotopic (exact) mass is 474 g/mol. The van der Waals surface area contributed by atoms with Crippen molar-refractivity contribution in [3.05, 3.63) is 11.6 Å². The minimum atomic E-state index is -0.416. The minimum Gasteiger partial charge on any atom is -0.396 e. The summed E-state index contributed by atoms with van der Waals surface area (Å²) >= 11 is 0. The lowest BCUT2D eigenvalue weighted by atomic mass is 9.33. The van der Waals surface area contributed by atoms with E-state index >= 15 is 0 Å². The van der Waals surface area contributed by atoms with Gasteiger partial charge in [0.15, 0.2) is 0 Å². The average Bonchev–Trinajstić information content (AvgIpc) is 2.79. The van der Waals surface area contributed by atoms with E-state index in [1.165, 1.54) is 0 Å². The van der Waals surface area contributed by atoms with Crippen molar-refractivity contribution in [2.75, 3.05) is 13.2 Å². The minimum absolute atomic E-state index is 0.0638. The molecule has 11 atom stereocenters. The molecule has 194 valence electrons. The van der Waals surface area contributed by atoms with E-state index in [4.69, 9.17) is 0 Å². The third-order valence-electron chi connectivity index (χ3n) is 13.5. The van der Waals surface area contributed by atoms with Gasteiger partial charge in [0.05, 0.1) is 18.8 Å². The Hall–Kier alpha value is -0.420. The van der Waals surface area contributed by atoms with Gasteiger partial charge < -0.3 is 20.4 Å². The maximum absolute atomic E-state index is 11.3. The summed E-state index contributed by atoms with van der Waals surface area (Å²) in [5.74, 6) is 1.20. The third-order valence-corrected chi connectivity index (χ3v) is 13.5. The number of aliphatic hydroxyl groups is 4. The lowest BCUT2D eigenvalue weighted by Crippen LogP contribution is -2.66. The average molecular weight is 475 g/mol. The number of aliphatic hydroxyl groups excluding tert-OH is 4. The second-order valence-electron chi connectivity index (χ2n) is 15.0. The molecule has 5 aliphatic rings. The fraction of sp³-hybridized carbons (Fsp3) is 0.933. The molecule has 34 heavy (non-hydrogen) atoms. The summed E-state index contributed by atoms with van der Waals surface area (Å²) in [5, 5.41) is 42.9. The van der Waals surface area contributed by atoms with Gasteiger partial charge in [0.25, 0.3) is 0 Å². The van der Waals surface area contributed by atoms with Crippen molar-refractivity contribution in [3.8, 4) is 0 Å². The van der Waals surface area contributed by atoms with Crippen LogP contribution in [0.25, 0.3) is 0 Å². The quantitative estimate of drug-likeness (QED) is 0.421. The summed E-state index contributed by atoms with van der Waals surface area (Å²) in [6.45, 7) is 14.3. The lowest BCUT2D eigenvalue weighted by molar-refractivity contribution is -0.219. The van der Waals surface area contributed by atoms with Gasteiger partial charge in [0.1, 0.15) is 0 Å². The summed E-state index contributed by atoms with van der Waals surface area (Å²) in [7, 11) is 0. The van der Waals surface area contributed by atoms with Gasteiger partial charge in [-0.3, -0.25) is 0 Å². The van der Waals surface area contributed by atoms with Crippen LogP contribution >= 0.6 is 0 Å². The Bertz CT molecular complexity index is 870. The number of hydrogen-bond acceptors (Lipinski definition) is 4. The number of hydrogen-bond donors (Lipinski definition) is 4. The van der Waals surface area contributed by atoms with E-state index in [9.17, 15) is 20.4 Å². The number of fused-ring (bicyclic) bond motifs is 7. The largest absolute Gasteiger partial charge is 0.396 e. The van der Waals surface area contributed by atoms with Crippen molar-refractivity contribution >= 4 is 0 Å². The van der Waals surface area contributed by atoms with Crippen LogP contribution in [0.5, 0.6) is 0 Å². The first-order valence-electron chi connectivity index (χ1n) is 14.0. The molecule has 0 spiro atoms. The predicted octanol–water partition coefficient (Wildman–Crippen LogP) is 5.08. The molecule has 0 saturated heterocycles. The number of allylic oxidation sites excluding steroid dienone is 2. The van der Waals surface area contributed by atoms with Crippen molar-refractivity contribution in [2.45, 2.75) is 112 Å². The van der Waals surface area contributed by atoms with E-state index in [0.717, 1.165) is 51.4 Å². The normalized spacial score (nSPS) is 59.2. The molecule has 0 aromatic rings. The van der Waals surface area contributed by atoms with E-state index < -0.39 is 11.5 Å². The van der Waals surface area contributed by atoms with Crippen molar-refractivity contribution in [1.82, 2.24) is 0 Å². The standard InChI is InChI=1S/C30H50O4/c1-25(17-31)15-20-19-7-8-22-27(3)11-10-23(33)28(4,18-32)21(27)9-12-30(22,6)29(19,5)14-13-26(20,2)24(34)16-25/h7,20-24,31-34H,8-18H2,1-6H3/t20?,21-,22?,23+,24-,25+,26-,27+,28+,29-,30-/m1/s1. The van der Waals surface area contributed by atoms with Crippen LogP contribution in [-0.2, 0) is 0 Å².